The highest BCUT2D eigenvalue weighted by Gasteiger charge is 2.01. The highest BCUT2D eigenvalue weighted by atomic mass is 14.9. The Morgan fingerprint density at radius 2 is 2.38 bits per heavy atom. The lowest BCUT2D eigenvalue weighted by Gasteiger charge is -1.97. The second-order valence-electron chi connectivity index (χ2n) is 2.87. The number of para-hydroxylation sites is 1. The average Bonchev–Trinajstić information content (AvgIpc) is 2.62. The summed E-state index contributed by atoms with van der Waals surface area (Å²) < 4.78 is 0. The maximum Gasteiger partial charge on any atom is 0.0931 e. The van der Waals surface area contributed by atoms with Crippen molar-refractivity contribution < 1.29 is 0 Å². The van der Waals surface area contributed by atoms with Gasteiger partial charge >= 0.3 is 0 Å². The first-order valence-corrected chi connectivity index (χ1v) is 4.20. The molecular formula is C10H9N3. The van der Waals surface area contributed by atoms with Crippen molar-refractivity contribution in [3.05, 3.63) is 30.1 Å². The first-order valence-electron chi connectivity index (χ1n) is 4.20. The van der Waals surface area contributed by atoms with E-state index in [9.17, 15) is 0 Å². The van der Waals surface area contributed by atoms with Gasteiger partial charge in [0.1, 0.15) is 0 Å². The first kappa shape index (κ1) is 7.81. The Morgan fingerprint density at radius 1 is 1.46 bits per heavy atom. The van der Waals surface area contributed by atoms with Crippen molar-refractivity contribution in [2.24, 2.45) is 0 Å². The normalized spacial score (nSPS) is 10.1. The minimum absolute atomic E-state index is 0.548. The van der Waals surface area contributed by atoms with E-state index in [4.69, 9.17) is 5.26 Å². The molecule has 0 aliphatic rings. The Hall–Kier alpha value is -1.82. The summed E-state index contributed by atoms with van der Waals surface area (Å²) in [5.41, 5.74) is 3.16. The molecule has 0 saturated carbocycles. The fraction of sp³-hybridized carbons (Fsp3) is 0.200. The number of benzene rings is 1. The van der Waals surface area contributed by atoms with E-state index in [1.165, 1.54) is 0 Å². The summed E-state index contributed by atoms with van der Waals surface area (Å²) in [5, 5.41) is 8.47. The molecule has 0 amide bonds. The molecular weight excluding hydrogens is 162 g/mol. The fourth-order valence-corrected chi connectivity index (χ4v) is 1.42. The highest BCUT2D eigenvalue weighted by Crippen LogP contribution is 2.15. The summed E-state index contributed by atoms with van der Waals surface area (Å²) in [6, 6.07) is 8.11. The summed E-state index contributed by atoms with van der Waals surface area (Å²) in [6.07, 6.45) is 3.01. The Kier molecular flexibility index (Phi) is 1.97. The van der Waals surface area contributed by atoms with Crippen LogP contribution in [0.1, 0.15) is 12.0 Å². The Morgan fingerprint density at radius 3 is 3.23 bits per heavy atom. The van der Waals surface area contributed by atoms with E-state index >= 15 is 0 Å². The molecule has 3 heteroatoms. The van der Waals surface area contributed by atoms with Crippen LogP contribution in [0.25, 0.3) is 11.0 Å². The quantitative estimate of drug-likeness (QED) is 0.751. The molecule has 0 fully saturated rings. The molecule has 0 spiro atoms. The number of hydrogen-bond donors (Lipinski definition) is 1. The molecule has 0 saturated heterocycles. The average molecular weight is 171 g/mol. The summed E-state index contributed by atoms with van der Waals surface area (Å²) >= 11 is 0. The summed E-state index contributed by atoms with van der Waals surface area (Å²) in [5.74, 6) is 0. The van der Waals surface area contributed by atoms with Crippen LogP contribution >= 0.6 is 0 Å². The van der Waals surface area contributed by atoms with E-state index in [0.717, 1.165) is 23.0 Å². The van der Waals surface area contributed by atoms with E-state index in [0.29, 0.717) is 6.42 Å². The SMILES string of the molecule is N#CCCc1cccc2[nH]cnc12. The van der Waals surface area contributed by atoms with E-state index in [1.54, 1.807) is 6.33 Å². The van der Waals surface area contributed by atoms with Crippen LogP contribution in [0.15, 0.2) is 24.5 Å². The molecule has 1 heterocycles. The minimum atomic E-state index is 0.548. The van der Waals surface area contributed by atoms with Crippen molar-refractivity contribution in [1.29, 1.82) is 5.26 Å². The molecule has 1 aromatic carbocycles. The number of aromatic nitrogens is 2. The zero-order valence-electron chi connectivity index (χ0n) is 7.12. The van der Waals surface area contributed by atoms with Gasteiger partial charge in [0.15, 0.2) is 0 Å². The van der Waals surface area contributed by atoms with Crippen LogP contribution in [0.3, 0.4) is 0 Å². The standard InChI is InChI=1S/C10H9N3/c11-6-2-4-8-3-1-5-9-10(8)13-7-12-9/h1,3,5,7H,2,4H2,(H,12,13). The van der Waals surface area contributed by atoms with Crippen molar-refractivity contribution in [3.8, 4) is 6.07 Å². The van der Waals surface area contributed by atoms with Crippen molar-refractivity contribution in [1.82, 2.24) is 9.97 Å². The number of nitrogens with one attached hydrogen (secondary N) is 1. The molecule has 0 radical (unpaired) electrons. The molecule has 0 unspecified atom stereocenters. The van der Waals surface area contributed by atoms with Crippen molar-refractivity contribution >= 4 is 11.0 Å². The van der Waals surface area contributed by atoms with Crippen LogP contribution in [0.4, 0.5) is 0 Å². The maximum atomic E-state index is 8.47. The van der Waals surface area contributed by atoms with E-state index in [1.807, 2.05) is 18.2 Å². The zero-order valence-corrected chi connectivity index (χ0v) is 7.12. The third-order valence-corrected chi connectivity index (χ3v) is 2.04. The van der Waals surface area contributed by atoms with Gasteiger partial charge in [0.25, 0.3) is 0 Å². The Balaban J connectivity index is 2.44. The van der Waals surface area contributed by atoms with Gasteiger partial charge in [0.2, 0.25) is 0 Å². The van der Waals surface area contributed by atoms with Crippen LogP contribution in [-0.4, -0.2) is 9.97 Å². The van der Waals surface area contributed by atoms with Gasteiger partial charge in [-0.05, 0) is 18.1 Å². The molecule has 1 N–H and O–H groups in total. The van der Waals surface area contributed by atoms with Gasteiger partial charge in [-0.15, -0.1) is 0 Å². The zero-order chi connectivity index (χ0) is 9.10. The van der Waals surface area contributed by atoms with E-state index in [2.05, 4.69) is 16.0 Å². The first-order chi connectivity index (χ1) is 6.42. The molecule has 2 aromatic rings. The monoisotopic (exact) mass is 171 g/mol. The Bertz CT molecular complexity index is 450. The summed E-state index contributed by atoms with van der Waals surface area (Å²) in [7, 11) is 0. The molecule has 3 nitrogen and oxygen atoms in total. The van der Waals surface area contributed by atoms with Gasteiger partial charge in [-0.25, -0.2) is 4.98 Å². The lowest BCUT2D eigenvalue weighted by atomic mass is 10.1. The van der Waals surface area contributed by atoms with E-state index < -0.39 is 0 Å². The molecule has 1 aromatic heterocycles. The largest absolute Gasteiger partial charge is 0.345 e. The fourth-order valence-electron chi connectivity index (χ4n) is 1.42. The number of H-pyrrole nitrogens is 1. The molecule has 0 aliphatic heterocycles. The molecule has 0 bridgehead atoms. The predicted molar refractivity (Wildman–Crippen MR) is 50.0 cm³/mol. The second-order valence-corrected chi connectivity index (χ2v) is 2.87. The van der Waals surface area contributed by atoms with Gasteiger partial charge in [0.05, 0.1) is 23.4 Å². The third kappa shape index (κ3) is 1.38. The lowest BCUT2D eigenvalue weighted by Crippen LogP contribution is -1.85. The van der Waals surface area contributed by atoms with Crippen LogP contribution in [0, 0.1) is 11.3 Å². The Labute approximate surface area is 76.0 Å². The molecule has 13 heavy (non-hydrogen) atoms. The number of fused-ring (bicyclic) bond motifs is 1. The lowest BCUT2D eigenvalue weighted by molar-refractivity contribution is 1.02. The van der Waals surface area contributed by atoms with Crippen molar-refractivity contribution in [3.63, 3.8) is 0 Å². The molecule has 2 rings (SSSR count). The number of aromatic amines is 1. The van der Waals surface area contributed by atoms with Gasteiger partial charge < -0.3 is 4.98 Å². The topological polar surface area (TPSA) is 52.5 Å². The van der Waals surface area contributed by atoms with Crippen LogP contribution < -0.4 is 0 Å². The smallest absolute Gasteiger partial charge is 0.0931 e. The van der Waals surface area contributed by atoms with Gasteiger partial charge in [-0.3, -0.25) is 0 Å². The third-order valence-electron chi connectivity index (χ3n) is 2.04. The van der Waals surface area contributed by atoms with Gasteiger partial charge in [0, 0.05) is 6.42 Å². The number of nitriles is 1. The van der Waals surface area contributed by atoms with E-state index in [-0.39, 0.29) is 0 Å². The van der Waals surface area contributed by atoms with Gasteiger partial charge in [-0.2, -0.15) is 5.26 Å². The van der Waals surface area contributed by atoms with Crippen LogP contribution in [0.5, 0.6) is 0 Å². The van der Waals surface area contributed by atoms with Crippen molar-refractivity contribution in [2.45, 2.75) is 12.8 Å². The second kappa shape index (κ2) is 3.28. The number of imidazole rings is 1. The van der Waals surface area contributed by atoms with Crippen LogP contribution in [0.2, 0.25) is 0 Å². The van der Waals surface area contributed by atoms with Crippen molar-refractivity contribution in [2.75, 3.05) is 0 Å². The number of hydrogen-bond acceptors (Lipinski definition) is 2. The highest BCUT2D eigenvalue weighted by molar-refractivity contribution is 5.78. The number of aryl methyl sites for hydroxylation is 1. The summed E-state index contributed by atoms with van der Waals surface area (Å²) in [6.45, 7) is 0. The number of rotatable bonds is 2. The maximum absolute atomic E-state index is 8.47. The van der Waals surface area contributed by atoms with Gasteiger partial charge in [-0.1, -0.05) is 12.1 Å². The molecule has 0 atom stereocenters. The molecule has 64 valence electrons. The minimum Gasteiger partial charge on any atom is -0.345 e. The summed E-state index contributed by atoms with van der Waals surface area (Å²) in [4.78, 5) is 7.25. The van der Waals surface area contributed by atoms with Crippen LogP contribution in [-0.2, 0) is 6.42 Å². The number of nitrogens with zero attached hydrogens (tertiary/aromatic N) is 2. The molecule has 0 aliphatic carbocycles. The predicted octanol–water partition coefficient (Wildman–Crippen LogP) is 2.02.